The van der Waals surface area contributed by atoms with Crippen LogP contribution in [0, 0.1) is 12.7 Å². The third kappa shape index (κ3) is 2.76. The summed E-state index contributed by atoms with van der Waals surface area (Å²) in [5, 5.41) is 10.1. The summed E-state index contributed by atoms with van der Waals surface area (Å²) in [7, 11) is 0. The lowest BCUT2D eigenvalue weighted by Gasteiger charge is -2.12. The zero-order chi connectivity index (χ0) is 13.1. The zero-order valence-corrected chi connectivity index (χ0v) is 10.6. The van der Waals surface area contributed by atoms with Crippen LogP contribution in [0.3, 0.4) is 0 Å². The van der Waals surface area contributed by atoms with Crippen molar-refractivity contribution in [1.82, 2.24) is 9.55 Å². The van der Waals surface area contributed by atoms with Gasteiger partial charge >= 0.3 is 0 Å². The molecule has 0 amide bonds. The van der Waals surface area contributed by atoms with Crippen LogP contribution in [0.25, 0.3) is 0 Å². The molecular formula is C14H17FN2O. The Bertz CT molecular complexity index is 516. The SMILES string of the molecule is CCn1ccnc1CC(O)c1cc(C)cc(F)c1. The first-order chi connectivity index (χ1) is 8.60. The van der Waals surface area contributed by atoms with Gasteiger partial charge in [0.25, 0.3) is 0 Å². The number of hydrogen-bond acceptors (Lipinski definition) is 2. The Morgan fingerprint density at radius 2 is 2.17 bits per heavy atom. The molecule has 96 valence electrons. The number of aliphatic hydroxyl groups is 1. The molecule has 0 aliphatic heterocycles. The number of aliphatic hydroxyl groups excluding tert-OH is 1. The van der Waals surface area contributed by atoms with Gasteiger partial charge in [-0.15, -0.1) is 0 Å². The fourth-order valence-electron chi connectivity index (χ4n) is 2.07. The highest BCUT2D eigenvalue weighted by atomic mass is 19.1. The van der Waals surface area contributed by atoms with Gasteiger partial charge in [0.1, 0.15) is 11.6 Å². The summed E-state index contributed by atoms with van der Waals surface area (Å²) in [5.41, 5.74) is 1.40. The number of benzene rings is 1. The topological polar surface area (TPSA) is 38.0 Å². The molecule has 2 rings (SSSR count). The van der Waals surface area contributed by atoms with Crippen LogP contribution in [0.4, 0.5) is 4.39 Å². The monoisotopic (exact) mass is 248 g/mol. The molecule has 0 radical (unpaired) electrons. The summed E-state index contributed by atoms with van der Waals surface area (Å²) >= 11 is 0. The Labute approximate surface area is 106 Å². The first kappa shape index (κ1) is 12.8. The van der Waals surface area contributed by atoms with Gasteiger partial charge in [-0.1, -0.05) is 6.07 Å². The molecule has 3 nitrogen and oxygen atoms in total. The van der Waals surface area contributed by atoms with E-state index in [-0.39, 0.29) is 5.82 Å². The van der Waals surface area contributed by atoms with Crippen LogP contribution in [0.5, 0.6) is 0 Å². The lowest BCUT2D eigenvalue weighted by molar-refractivity contribution is 0.174. The van der Waals surface area contributed by atoms with E-state index in [4.69, 9.17) is 0 Å². The van der Waals surface area contributed by atoms with Crippen molar-refractivity contribution < 1.29 is 9.50 Å². The molecule has 1 unspecified atom stereocenters. The predicted octanol–water partition coefficient (Wildman–Crippen LogP) is 2.63. The van der Waals surface area contributed by atoms with Crippen LogP contribution in [-0.2, 0) is 13.0 Å². The summed E-state index contributed by atoms with van der Waals surface area (Å²) in [6, 6.07) is 4.62. The largest absolute Gasteiger partial charge is 0.388 e. The Hall–Kier alpha value is -1.68. The van der Waals surface area contributed by atoms with E-state index in [1.54, 1.807) is 12.3 Å². The van der Waals surface area contributed by atoms with E-state index in [1.165, 1.54) is 12.1 Å². The summed E-state index contributed by atoms with van der Waals surface area (Å²) in [5.74, 6) is 0.495. The second kappa shape index (κ2) is 5.31. The van der Waals surface area contributed by atoms with Gasteiger partial charge in [-0.2, -0.15) is 0 Å². The van der Waals surface area contributed by atoms with Gasteiger partial charge in [-0.25, -0.2) is 9.37 Å². The molecule has 1 atom stereocenters. The normalized spacial score (nSPS) is 12.7. The molecule has 1 aromatic carbocycles. The van der Waals surface area contributed by atoms with Crippen molar-refractivity contribution in [1.29, 1.82) is 0 Å². The third-order valence-corrected chi connectivity index (χ3v) is 2.97. The number of hydrogen-bond donors (Lipinski definition) is 1. The average Bonchev–Trinajstić information content (AvgIpc) is 2.75. The number of nitrogens with zero attached hydrogens (tertiary/aromatic N) is 2. The number of rotatable bonds is 4. The molecule has 1 aromatic heterocycles. The smallest absolute Gasteiger partial charge is 0.123 e. The van der Waals surface area contributed by atoms with Crippen LogP contribution in [0.15, 0.2) is 30.6 Å². The molecule has 0 saturated heterocycles. The van der Waals surface area contributed by atoms with Crippen molar-refractivity contribution >= 4 is 0 Å². The summed E-state index contributed by atoms with van der Waals surface area (Å²) in [6.07, 6.45) is 3.25. The summed E-state index contributed by atoms with van der Waals surface area (Å²) < 4.78 is 15.2. The molecule has 4 heteroatoms. The van der Waals surface area contributed by atoms with E-state index in [0.29, 0.717) is 12.0 Å². The van der Waals surface area contributed by atoms with Gasteiger partial charge in [0.05, 0.1) is 6.10 Å². The number of halogens is 1. The minimum Gasteiger partial charge on any atom is -0.388 e. The molecule has 18 heavy (non-hydrogen) atoms. The second-order valence-electron chi connectivity index (χ2n) is 4.41. The highest BCUT2D eigenvalue weighted by molar-refractivity contribution is 5.25. The minimum atomic E-state index is -0.730. The van der Waals surface area contributed by atoms with Crippen molar-refractivity contribution in [2.45, 2.75) is 32.9 Å². The Kier molecular flexibility index (Phi) is 3.77. The van der Waals surface area contributed by atoms with Crippen LogP contribution < -0.4 is 0 Å². The Balaban J connectivity index is 2.19. The average molecular weight is 248 g/mol. The van der Waals surface area contributed by atoms with Crippen molar-refractivity contribution in [3.63, 3.8) is 0 Å². The number of imidazole rings is 1. The van der Waals surface area contributed by atoms with E-state index in [1.807, 2.05) is 24.6 Å². The van der Waals surface area contributed by atoms with Gasteiger partial charge < -0.3 is 9.67 Å². The molecule has 1 N–H and O–H groups in total. The summed E-state index contributed by atoms with van der Waals surface area (Å²) in [6.45, 7) is 4.64. The standard InChI is InChI=1S/C14H17FN2O/c1-3-17-5-4-16-14(17)9-13(18)11-6-10(2)7-12(15)8-11/h4-8,13,18H,3,9H2,1-2H3. The van der Waals surface area contributed by atoms with Crippen molar-refractivity contribution in [3.05, 3.63) is 53.4 Å². The summed E-state index contributed by atoms with van der Waals surface area (Å²) in [4.78, 5) is 4.21. The first-order valence-corrected chi connectivity index (χ1v) is 6.05. The molecule has 0 aliphatic carbocycles. The molecule has 0 aliphatic rings. The zero-order valence-electron chi connectivity index (χ0n) is 10.6. The molecule has 2 aromatic rings. The lowest BCUT2D eigenvalue weighted by atomic mass is 10.0. The highest BCUT2D eigenvalue weighted by Gasteiger charge is 2.13. The Morgan fingerprint density at radius 3 is 2.83 bits per heavy atom. The van der Waals surface area contributed by atoms with E-state index < -0.39 is 6.10 Å². The second-order valence-corrected chi connectivity index (χ2v) is 4.41. The van der Waals surface area contributed by atoms with E-state index in [9.17, 15) is 9.50 Å². The first-order valence-electron chi connectivity index (χ1n) is 6.05. The van der Waals surface area contributed by atoms with Crippen molar-refractivity contribution in [3.8, 4) is 0 Å². The predicted molar refractivity (Wildman–Crippen MR) is 67.7 cm³/mol. The molecule has 0 spiro atoms. The maximum Gasteiger partial charge on any atom is 0.123 e. The van der Waals surface area contributed by atoms with Crippen LogP contribution in [0.1, 0.15) is 30.0 Å². The van der Waals surface area contributed by atoms with Crippen LogP contribution in [0.2, 0.25) is 0 Å². The highest BCUT2D eigenvalue weighted by Crippen LogP contribution is 2.20. The molecule has 0 bridgehead atoms. The van der Waals surface area contributed by atoms with Crippen molar-refractivity contribution in [2.75, 3.05) is 0 Å². The van der Waals surface area contributed by atoms with Gasteiger partial charge in [-0.05, 0) is 37.1 Å². The molecule has 0 fully saturated rings. The van der Waals surface area contributed by atoms with Crippen LogP contribution >= 0.6 is 0 Å². The molecular weight excluding hydrogens is 231 g/mol. The van der Waals surface area contributed by atoms with Crippen molar-refractivity contribution in [2.24, 2.45) is 0 Å². The number of aryl methyl sites for hydroxylation is 2. The van der Waals surface area contributed by atoms with Crippen LogP contribution in [-0.4, -0.2) is 14.7 Å². The number of aromatic nitrogens is 2. The van der Waals surface area contributed by atoms with E-state index >= 15 is 0 Å². The lowest BCUT2D eigenvalue weighted by Crippen LogP contribution is -2.08. The van der Waals surface area contributed by atoms with E-state index in [0.717, 1.165) is 17.9 Å². The maximum absolute atomic E-state index is 13.3. The quantitative estimate of drug-likeness (QED) is 0.903. The fourth-order valence-corrected chi connectivity index (χ4v) is 2.07. The third-order valence-electron chi connectivity index (χ3n) is 2.97. The van der Waals surface area contributed by atoms with E-state index in [2.05, 4.69) is 4.98 Å². The fraction of sp³-hybridized carbons (Fsp3) is 0.357. The van der Waals surface area contributed by atoms with Gasteiger partial charge in [0.2, 0.25) is 0 Å². The van der Waals surface area contributed by atoms with Gasteiger partial charge in [0.15, 0.2) is 0 Å². The maximum atomic E-state index is 13.3. The minimum absolute atomic E-state index is 0.317. The van der Waals surface area contributed by atoms with Gasteiger partial charge in [-0.3, -0.25) is 0 Å². The Morgan fingerprint density at radius 1 is 1.39 bits per heavy atom. The van der Waals surface area contributed by atoms with Gasteiger partial charge in [0, 0.05) is 25.4 Å². The molecule has 1 heterocycles. The molecule has 0 saturated carbocycles.